The lowest BCUT2D eigenvalue weighted by atomic mass is 10.1. The minimum absolute atomic E-state index is 0.0215. The van der Waals surface area contributed by atoms with Crippen LogP contribution in [0.25, 0.3) is 0 Å². The first-order chi connectivity index (χ1) is 7.13. The first kappa shape index (κ1) is 11.7. The van der Waals surface area contributed by atoms with Crippen LogP contribution in [-0.4, -0.2) is 19.6 Å². The molecule has 1 N–H and O–H groups in total. The van der Waals surface area contributed by atoms with Crippen molar-refractivity contribution in [3.8, 4) is 0 Å². The van der Waals surface area contributed by atoms with Gasteiger partial charge in [0.25, 0.3) is 0 Å². The van der Waals surface area contributed by atoms with Gasteiger partial charge < -0.3 is 10.1 Å². The lowest BCUT2D eigenvalue weighted by molar-refractivity contribution is -0.125. The molecule has 1 aromatic carbocycles. The van der Waals surface area contributed by atoms with E-state index in [4.69, 9.17) is 4.74 Å². The fourth-order valence-corrected chi connectivity index (χ4v) is 1.35. The number of nitrogens with one attached hydrogen (secondary N) is 1. The Morgan fingerprint density at radius 1 is 1.40 bits per heavy atom. The summed E-state index contributed by atoms with van der Waals surface area (Å²) in [6.07, 6.45) is 0. The van der Waals surface area contributed by atoms with Gasteiger partial charge in [0.15, 0.2) is 0 Å². The van der Waals surface area contributed by atoms with Crippen LogP contribution in [0, 0.1) is 6.92 Å². The van der Waals surface area contributed by atoms with Crippen LogP contribution in [-0.2, 0) is 9.53 Å². The van der Waals surface area contributed by atoms with Crippen molar-refractivity contribution in [3.05, 3.63) is 35.4 Å². The molecule has 0 saturated heterocycles. The minimum atomic E-state index is -0.0921. The number of aryl methyl sites for hydroxylation is 1. The van der Waals surface area contributed by atoms with E-state index in [9.17, 15) is 4.79 Å². The second kappa shape index (κ2) is 5.51. The van der Waals surface area contributed by atoms with Crippen LogP contribution in [0.5, 0.6) is 0 Å². The molecule has 0 aromatic heterocycles. The molecule has 3 heteroatoms. The van der Waals surface area contributed by atoms with E-state index in [0.717, 1.165) is 5.56 Å². The van der Waals surface area contributed by atoms with Gasteiger partial charge in [0.05, 0.1) is 6.04 Å². The van der Waals surface area contributed by atoms with E-state index in [1.807, 2.05) is 38.1 Å². The Balaban J connectivity index is 2.57. The third-order valence-corrected chi connectivity index (χ3v) is 2.23. The van der Waals surface area contributed by atoms with Gasteiger partial charge in [-0.1, -0.05) is 29.8 Å². The molecule has 0 spiro atoms. The second-order valence-electron chi connectivity index (χ2n) is 3.63. The molecule has 0 heterocycles. The molecule has 15 heavy (non-hydrogen) atoms. The summed E-state index contributed by atoms with van der Waals surface area (Å²) in [6.45, 7) is 4.10. The summed E-state index contributed by atoms with van der Waals surface area (Å²) in [5, 5.41) is 2.85. The van der Waals surface area contributed by atoms with Crippen molar-refractivity contribution in [3.63, 3.8) is 0 Å². The zero-order valence-electron chi connectivity index (χ0n) is 9.41. The van der Waals surface area contributed by atoms with E-state index in [2.05, 4.69) is 5.32 Å². The third kappa shape index (κ3) is 3.72. The molecule has 0 aliphatic carbocycles. The molecule has 1 rings (SSSR count). The lowest BCUT2D eigenvalue weighted by Crippen LogP contribution is -2.29. The average molecular weight is 207 g/mol. The quantitative estimate of drug-likeness (QED) is 0.817. The molecule has 0 radical (unpaired) electrons. The number of hydrogen-bond donors (Lipinski definition) is 1. The van der Waals surface area contributed by atoms with Gasteiger partial charge in [0.2, 0.25) is 5.91 Å². The highest BCUT2D eigenvalue weighted by atomic mass is 16.5. The highest BCUT2D eigenvalue weighted by molar-refractivity contribution is 5.77. The predicted octanol–water partition coefficient (Wildman–Crippen LogP) is 1.82. The molecule has 1 atom stereocenters. The number of rotatable bonds is 4. The average Bonchev–Trinajstić information content (AvgIpc) is 2.18. The maximum atomic E-state index is 11.3. The summed E-state index contributed by atoms with van der Waals surface area (Å²) >= 11 is 0. The molecule has 0 bridgehead atoms. The van der Waals surface area contributed by atoms with Crippen molar-refractivity contribution >= 4 is 5.91 Å². The van der Waals surface area contributed by atoms with Crippen molar-refractivity contribution in [2.45, 2.75) is 19.9 Å². The van der Waals surface area contributed by atoms with Gasteiger partial charge in [0.1, 0.15) is 6.61 Å². The molecule has 0 saturated carbocycles. The molecule has 1 unspecified atom stereocenters. The summed E-state index contributed by atoms with van der Waals surface area (Å²) in [5.74, 6) is -0.0921. The standard InChI is InChI=1S/C12H17NO2/c1-9-4-6-11(7-5-9)10(2)13-12(14)8-15-3/h4-7,10H,8H2,1-3H3,(H,13,14). The van der Waals surface area contributed by atoms with Gasteiger partial charge in [-0.3, -0.25) is 4.79 Å². The van der Waals surface area contributed by atoms with Gasteiger partial charge in [-0.15, -0.1) is 0 Å². The Morgan fingerprint density at radius 3 is 2.53 bits per heavy atom. The van der Waals surface area contributed by atoms with Crippen molar-refractivity contribution in [2.24, 2.45) is 0 Å². The summed E-state index contributed by atoms with van der Waals surface area (Å²) in [6, 6.07) is 8.14. The Hall–Kier alpha value is -1.35. The zero-order valence-corrected chi connectivity index (χ0v) is 9.41. The molecule has 82 valence electrons. The summed E-state index contributed by atoms with van der Waals surface area (Å²) in [7, 11) is 1.51. The van der Waals surface area contributed by atoms with Crippen LogP contribution in [0.3, 0.4) is 0 Å². The fourth-order valence-electron chi connectivity index (χ4n) is 1.35. The summed E-state index contributed by atoms with van der Waals surface area (Å²) < 4.78 is 4.75. The Labute approximate surface area is 90.4 Å². The van der Waals surface area contributed by atoms with Crippen LogP contribution >= 0.6 is 0 Å². The van der Waals surface area contributed by atoms with Gasteiger partial charge in [-0.05, 0) is 19.4 Å². The van der Waals surface area contributed by atoms with Gasteiger partial charge in [0, 0.05) is 7.11 Å². The third-order valence-electron chi connectivity index (χ3n) is 2.23. The molecule has 1 amide bonds. The SMILES string of the molecule is COCC(=O)NC(C)c1ccc(C)cc1. The number of carbonyl (C=O) groups is 1. The summed E-state index contributed by atoms with van der Waals surface area (Å²) in [5.41, 5.74) is 2.32. The molecule has 0 fully saturated rings. The van der Waals surface area contributed by atoms with Gasteiger partial charge in [-0.2, -0.15) is 0 Å². The first-order valence-corrected chi connectivity index (χ1v) is 4.98. The first-order valence-electron chi connectivity index (χ1n) is 4.98. The number of hydrogen-bond acceptors (Lipinski definition) is 2. The van der Waals surface area contributed by atoms with Crippen molar-refractivity contribution in [1.82, 2.24) is 5.32 Å². The molecule has 0 aliphatic heterocycles. The number of benzene rings is 1. The highest BCUT2D eigenvalue weighted by Crippen LogP contribution is 2.12. The molecular formula is C12H17NO2. The molecule has 1 aromatic rings. The maximum Gasteiger partial charge on any atom is 0.246 e. The van der Waals surface area contributed by atoms with Gasteiger partial charge >= 0.3 is 0 Å². The minimum Gasteiger partial charge on any atom is -0.375 e. The van der Waals surface area contributed by atoms with E-state index in [1.54, 1.807) is 0 Å². The van der Waals surface area contributed by atoms with Crippen LogP contribution in [0.4, 0.5) is 0 Å². The number of amides is 1. The Morgan fingerprint density at radius 2 is 2.00 bits per heavy atom. The van der Waals surface area contributed by atoms with E-state index in [-0.39, 0.29) is 18.6 Å². The van der Waals surface area contributed by atoms with Crippen LogP contribution in [0.2, 0.25) is 0 Å². The maximum absolute atomic E-state index is 11.3. The van der Waals surface area contributed by atoms with Gasteiger partial charge in [-0.25, -0.2) is 0 Å². The predicted molar refractivity (Wildman–Crippen MR) is 59.6 cm³/mol. The highest BCUT2D eigenvalue weighted by Gasteiger charge is 2.08. The van der Waals surface area contributed by atoms with Crippen LogP contribution in [0.15, 0.2) is 24.3 Å². The molecule has 0 aliphatic rings. The van der Waals surface area contributed by atoms with Crippen molar-refractivity contribution in [1.29, 1.82) is 0 Å². The Kier molecular flexibility index (Phi) is 4.31. The van der Waals surface area contributed by atoms with Crippen LogP contribution in [0.1, 0.15) is 24.1 Å². The van der Waals surface area contributed by atoms with E-state index >= 15 is 0 Å². The number of methoxy groups -OCH3 is 1. The topological polar surface area (TPSA) is 38.3 Å². The van der Waals surface area contributed by atoms with E-state index in [0.29, 0.717) is 0 Å². The molecular weight excluding hydrogens is 190 g/mol. The van der Waals surface area contributed by atoms with E-state index < -0.39 is 0 Å². The van der Waals surface area contributed by atoms with E-state index in [1.165, 1.54) is 12.7 Å². The summed E-state index contributed by atoms with van der Waals surface area (Å²) in [4.78, 5) is 11.3. The monoisotopic (exact) mass is 207 g/mol. The van der Waals surface area contributed by atoms with Crippen molar-refractivity contribution in [2.75, 3.05) is 13.7 Å². The number of carbonyl (C=O) groups excluding carboxylic acids is 1. The van der Waals surface area contributed by atoms with Crippen LogP contribution < -0.4 is 5.32 Å². The molecule has 3 nitrogen and oxygen atoms in total. The smallest absolute Gasteiger partial charge is 0.246 e. The lowest BCUT2D eigenvalue weighted by Gasteiger charge is -2.14. The largest absolute Gasteiger partial charge is 0.375 e. The van der Waals surface area contributed by atoms with Crippen molar-refractivity contribution < 1.29 is 9.53 Å². The fraction of sp³-hybridized carbons (Fsp3) is 0.417. The normalized spacial score (nSPS) is 12.2. The number of ether oxygens (including phenoxy) is 1. The second-order valence-corrected chi connectivity index (χ2v) is 3.63. The Bertz CT molecular complexity index is 319. The zero-order chi connectivity index (χ0) is 11.3.